The fourth-order valence-corrected chi connectivity index (χ4v) is 2.32. The summed E-state index contributed by atoms with van der Waals surface area (Å²) in [6.07, 6.45) is -0.396. The molecule has 0 bridgehead atoms. The molecule has 7 heteroatoms. The van der Waals surface area contributed by atoms with Gasteiger partial charge in [0.2, 0.25) is 0 Å². The number of fused-ring (bicyclic) bond motifs is 1. The van der Waals surface area contributed by atoms with Crippen molar-refractivity contribution in [2.24, 2.45) is 0 Å². The van der Waals surface area contributed by atoms with Crippen molar-refractivity contribution in [1.29, 1.82) is 0 Å². The fraction of sp³-hybridized carbons (Fsp3) is 0.133. The number of methoxy groups -OCH3 is 1. The molecule has 1 heterocycles. The van der Waals surface area contributed by atoms with Gasteiger partial charge in [0.25, 0.3) is 11.6 Å². The highest BCUT2D eigenvalue weighted by atomic mass is 16.6. The summed E-state index contributed by atoms with van der Waals surface area (Å²) in [7, 11) is 1.58. The summed E-state index contributed by atoms with van der Waals surface area (Å²) in [5.74, 6) is 0.375. The Morgan fingerprint density at radius 2 is 1.86 bits per heavy atom. The van der Waals surface area contributed by atoms with Gasteiger partial charge in [0.15, 0.2) is 0 Å². The molecule has 112 valence electrons. The van der Waals surface area contributed by atoms with Gasteiger partial charge in [-0.25, -0.2) is 0 Å². The van der Waals surface area contributed by atoms with E-state index in [4.69, 9.17) is 4.74 Å². The van der Waals surface area contributed by atoms with Gasteiger partial charge in [-0.3, -0.25) is 14.9 Å². The molecule has 1 aliphatic heterocycles. The Kier molecular flexibility index (Phi) is 3.38. The van der Waals surface area contributed by atoms with Crippen LogP contribution in [0.25, 0.3) is 0 Å². The monoisotopic (exact) mass is 299 g/mol. The number of benzene rings is 2. The number of nitro benzene ring substituents is 1. The van der Waals surface area contributed by atoms with Gasteiger partial charge < -0.3 is 15.4 Å². The van der Waals surface area contributed by atoms with E-state index in [2.05, 4.69) is 10.6 Å². The number of anilines is 1. The Hall–Kier alpha value is -3.09. The summed E-state index contributed by atoms with van der Waals surface area (Å²) in [6.45, 7) is 0. The average Bonchev–Trinajstić information content (AvgIpc) is 2.54. The molecule has 2 aromatic rings. The largest absolute Gasteiger partial charge is 0.497 e. The third-order valence-electron chi connectivity index (χ3n) is 3.48. The topological polar surface area (TPSA) is 93.5 Å². The Labute approximate surface area is 126 Å². The maximum absolute atomic E-state index is 12.2. The normalized spacial score (nSPS) is 16.2. The van der Waals surface area contributed by atoms with E-state index in [1.807, 2.05) is 12.1 Å². The Balaban J connectivity index is 1.90. The summed E-state index contributed by atoms with van der Waals surface area (Å²) in [4.78, 5) is 22.4. The van der Waals surface area contributed by atoms with Crippen LogP contribution in [0.3, 0.4) is 0 Å². The second kappa shape index (κ2) is 5.36. The number of non-ortho nitro benzene ring substituents is 1. The molecule has 0 saturated carbocycles. The predicted octanol–water partition coefficient (Wildman–Crippen LogP) is 2.46. The summed E-state index contributed by atoms with van der Waals surface area (Å²) in [5.41, 5.74) is 1.57. The first-order valence-electron chi connectivity index (χ1n) is 6.58. The molecule has 7 nitrogen and oxygen atoms in total. The molecular formula is C15H13N3O4. The summed E-state index contributed by atoms with van der Waals surface area (Å²) in [6, 6.07) is 11.5. The van der Waals surface area contributed by atoms with Crippen molar-refractivity contribution in [2.75, 3.05) is 12.4 Å². The van der Waals surface area contributed by atoms with Crippen LogP contribution in [0.5, 0.6) is 5.75 Å². The molecule has 1 unspecified atom stereocenters. The number of rotatable bonds is 3. The SMILES string of the molecule is COc1ccc(C2NC(=O)c3cc([N+](=O)[O-])ccc3N2)cc1. The molecule has 2 N–H and O–H groups in total. The number of ether oxygens (including phenoxy) is 1. The minimum Gasteiger partial charge on any atom is -0.497 e. The van der Waals surface area contributed by atoms with Crippen LogP contribution in [0.1, 0.15) is 22.1 Å². The lowest BCUT2D eigenvalue weighted by Crippen LogP contribution is -2.38. The van der Waals surface area contributed by atoms with Crippen molar-refractivity contribution in [3.63, 3.8) is 0 Å². The van der Waals surface area contributed by atoms with E-state index in [0.29, 0.717) is 5.69 Å². The van der Waals surface area contributed by atoms with Crippen LogP contribution in [-0.4, -0.2) is 17.9 Å². The molecule has 0 fully saturated rings. The summed E-state index contributed by atoms with van der Waals surface area (Å²) >= 11 is 0. The Bertz CT molecular complexity index is 743. The molecule has 2 aromatic carbocycles. The van der Waals surface area contributed by atoms with Gasteiger partial charge in [0, 0.05) is 17.8 Å². The van der Waals surface area contributed by atoms with Crippen molar-refractivity contribution in [3.05, 3.63) is 63.7 Å². The molecule has 0 aliphatic carbocycles. The first-order chi connectivity index (χ1) is 10.6. The zero-order valence-electron chi connectivity index (χ0n) is 11.7. The Morgan fingerprint density at radius 1 is 1.14 bits per heavy atom. The van der Waals surface area contributed by atoms with E-state index in [-0.39, 0.29) is 17.2 Å². The van der Waals surface area contributed by atoms with Gasteiger partial charge in [-0.05, 0) is 23.8 Å². The number of amides is 1. The van der Waals surface area contributed by atoms with Crippen molar-refractivity contribution in [1.82, 2.24) is 5.32 Å². The van der Waals surface area contributed by atoms with Crippen LogP contribution in [0, 0.1) is 10.1 Å². The van der Waals surface area contributed by atoms with Crippen molar-refractivity contribution >= 4 is 17.3 Å². The minimum atomic E-state index is -0.525. The molecular weight excluding hydrogens is 286 g/mol. The molecule has 1 atom stereocenters. The highest BCUT2D eigenvalue weighted by Gasteiger charge is 2.26. The summed E-state index contributed by atoms with van der Waals surface area (Å²) in [5, 5.41) is 16.7. The zero-order chi connectivity index (χ0) is 15.7. The lowest BCUT2D eigenvalue weighted by atomic mass is 10.0. The molecule has 0 radical (unpaired) electrons. The molecule has 0 aromatic heterocycles. The standard InChI is InChI=1S/C15H13N3O4/c1-22-11-5-2-9(3-6-11)14-16-13-7-4-10(18(20)21)8-12(13)15(19)17-14/h2-8,14,16H,1H3,(H,17,19). The lowest BCUT2D eigenvalue weighted by molar-refractivity contribution is -0.384. The number of hydrogen-bond acceptors (Lipinski definition) is 5. The van der Waals surface area contributed by atoms with Crippen LogP contribution in [-0.2, 0) is 0 Å². The van der Waals surface area contributed by atoms with Crippen molar-refractivity contribution in [3.8, 4) is 5.75 Å². The van der Waals surface area contributed by atoms with Gasteiger partial charge >= 0.3 is 0 Å². The van der Waals surface area contributed by atoms with Crippen LogP contribution < -0.4 is 15.4 Å². The first-order valence-corrected chi connectivity index (χ1v) is 6.58. The van der Waals surface area contributed by atoms with Gasteiger partial charge in [-0.1, -0.05) is 12.1 Å². The second-order valence-corrected chi connectivity index (χ2v) is 4.81. The maximum atomic E-state index is 12.2. The fourth-order valence-electron chi connectivity index (χ4n) is 2.32. The number of hydrogen-bond donors (Lipinski definition) is 2. The third-order valence-corrected chi connectivity index (χ3v) is 3.48. The number of carbonyl (C=O) groups excluding carboxylic acids is 1. The smallest absolute Gasteiger partial charge is 0.270 e. The van der Waals surface area contributed by atoms with Crippen molar-refractivity contribution < 1.29 is 14.5 Å². The van der Waals surface area contributed by atoms with Crippen molar-refractivity contribution in [2.45, 2.75) is 6.17 Å². The van der Waals surface area contributed by atoms with Crippen LogP contribution in [0.2, 0.25) is 0 Å². The molecule has 1 aliphatic rings. The van der Waals surface area contributed by atoms with E-state index in [9.17, 15) is 14.9 Å². The number of nitro groups is 1. The van der Waals surface area contributed by atoms with Crippen LogP contribution >= 0.6 is 0 Å². The molecule has 22 heavy (non-hydrogen) atoms. The van der Waals surface area contributed by atoms with Crippen LogP contribution in [0.15, 0.2) is 42.5 Å². The van der Waals surface area contributed by atoms with Gasteiger partial charge in [-0.15, -0.1) is 0 Å². The predicted molar refractivity (Wildman–Crippen MR) is 79.9 cm³/mol. The number of nitrogens with one attached hydrogen (secondary N) is 2. The zero-order valence-corrected chi connectivity index (χ0v) is 11.7. The van der Waals surface area contributed by atoms with Gasteiger partial charge in [0.05, 0.1) is 17.6 Å². The van der Waals surface area contributed by atoms with E-state index in [0.717, 1.165) is 11.3 Å². The number of carbonyl (C=O) groups is 1. The molecule has 0 saturated heterocycles. The number of nitrogens with zero attached hydrogens (tertiary/aromatic N) is 1. The van der Waals surface area contributed by atoms with Gasteiger partial charge in [0.1, 0.15) is 11.9 Å². The van der Waals surface area contributed by atoms with E-state index in [1.54, 1.807) is 25.3 Å². The molecule has 0 spiro atoms. The average molecular weight is 299 g/mol. The lowest BCUT2D eigenvalue weighted by Gasteiger charge is -2.28. The van der Waals surface area contributed by atoms with E-state index < -0.39 is 11.1 Å². The first kappa shape index (κ1) is 13.9. The maximum Gasteiger partial charge on any atom is 0.270 e. The highest BCUT2D eigenvalue weighted by Crippen LogP contribution is 2.29. The van der Waals surface area contributed by atoms with E-state index >= 15 is 0 Å². The molecule has 1 amide bonds. The van der Waals surface area contributed by atoms with E-state index in [1.165, 1.54) is 12.1 Å². The second-order valence-electron chi connectivity index (χ2n) is 4.81. The van der Waals surface area contributed by atoms with Gasteiger partial charge in [-0.2, -0.15) is 0 Å². The quantitative estimate of drug-likeness (QED) is 0.670. The van der Waals surface area contributed by atoms with Crippen LogP contribution in [0.4, 0.5) is 11.4 Å². The third kappa shape index (κ3) is 2.44. The summed E-state index contributed by atoms with van der Waals surface area (Å²) < 4.78 is 5.10. The minimum absolute atomic E-state index is 0.112. The highest BCUT2D eigenvalue weighted by molar-refractivity contribution is 6.02. The molecule has 3 rings (SSSR count). The Morgan fingerprint density at radius 3 is 2.50 bits per heavy atom.